The number of likely N-dealkylation sites (N-methyl/N-ethyl adjacent to an activating group) is 1. The van der Waals surface area contributed by atoms with Crippen LogP contribution in [0.3, 0.4) is 0 Å². The molecule has 1 aromatic heterocycles. The normalized spacial score (nSPS) is 18.2. The minimum atomic E-state index is 0.983. The van der Waals surface area contributed by atoms with E-state index >= 15 is 0 Å². The fraction of sp³-hybridized carbons (Fsp3) is 0.385. The van der Waals surface area contributed by atoms with Gasteiger partial charge < -0.3 is 14.2 Å². The Hall–Kier alpha value is -1.48. The molecule has 0 unspecified atom stereocenters. The predicted molar refractivity (Wildman–Crippen MR) is 65.9 cm³/mol. The summed E-state index contributed by atoms with van der Waals surface area (Å²) < 4.78 is 5.57. The average Bonchev–Trinajstić information content (AvgIpc) is 2.74. The molecule has 0 radical (unpaired) electrons. The molecule has 0 aliphatic carbocycles. The van der Waals surface area contributed by atoms with Crippen molar-refractivity contribution >= 4 is 16.7 Å². The summed E-state index contributed by atoms with van der Waals surface area (Å²) in [5, 5.41) is 1.23. The molecule has 3 rings (SSSR count). The van der Waals surface area contributed by atoms with Gasteiger partial charge in [0.25, 0.3) is 0 Å². The van der Waals surface area contributed by atoms with Crippen molar-refractivity contribution in [1.82, 2.24) is 4.90 Å². The van der Waals surface area contributed by atoms with Gasteiger partial charge in [-0.15, -0.1) is 0 Å². The maximum absolute atomic E-state index is 5.57. The molecule has 0 spiro atoms. The number of piperazine rings is 1. The monoisotopic (exact) mass is 216 g/mol. The molecule has 1 fully saturated rings. The number of nitrogens with zero attached hydrogens (tertiary/aromatic N) is 2. The lowest BCUT2D eigenvalue weighted by Crippen LogP contribution is -2.44. The molecule has 0 N–H and O–H groups in total. The first-order valence-electron chi connectivity index (χ1n) is 5.74. The number of furan rings is 1. The smallest absolute Gasteiger partial charge is 0.136 e. The van der Waals surface area contributed by atoms with Gasteiger partial charge in [-0.05, 0) is 19.2 Å². The summed E-state index contributed by atoms with van der Waals surface area (Å²) in [4.78, 5) is 4.77. The van der Waals surface area contributed by atoms with Crippen molar-refractivity contribution in [2.75, 3.05) is 38.1 Å². The quantitative estimate of drug-likeness (QED) is 0.728. The Bertz CT molecular complexity index is 483. The minimum absolute atomic E-state index is 0.983. The molecular formula is C13H16N2O. The highest BCUT2D eigenvalue weighted by atomic mass is 16.3. The molecule has 1 aromatic carbocycles. The predicted octanol–water partition coefficient (Wildman–Crippen LogP) is 2.18. The molecule has 0 amide bonds. The van der Waals surface area contributed by atoms with Crippen molar-refractivity contribution in [2.45, 2.75) is 0 Å². The van der Waals surface area contributed by atoms with E-state index in [1.165, 1.54) is 11.1 Å². The molecule has 0 atom stereocenters. The highest BCUT2D eigenvalue weighted by Crippen LogP contribution is 2.29. The molecule has 84 valence electrons. The lowest BCUT2D eigenvalue weighted by molar-refractivity contribution is 0.313. The van der Waals surface area contributed by atoms with Gasteiger partial charge in [-0.1, -0.05) is 12.1 Å². The van der Waals surface area contributed by atoms with Crippen LogP contribution in [0.2, 0.25) is 0 Å². The number of benzene rings is 1. The van der Waals surface area contributed by atoms with E-state index in [1.807, 2.05) is 18.4 Å². The van der Waals surface area contributed by atoms with Gasteiger partial charge in [0.2, 0.25) is 0 Å². The molecule has 1 aliphatic rings. The van der Waals surface area contributed by atoms with Crippen LogP contribution in [0.4, 0.5) is 5.69 Å². The van der Waals surface area contributed by atoms with E-state index in [-0.39, 0.29) is 0 Å². The minimum Gasteiger partial charge on any atom is -0.462 e. The third kappa shape index (κ3) is 1.57. The molecule has 2 aromatic rings. The van der Waals surface area contributed by atoms with E-state index in [9.17, 15) is 0 Å². The van der Waals surface area contributed by atoms with E-state index in [1.54, 1.807) is 0 Å². The topological polar surface area (TPSA) is 19.6 Å². The van der Waals surface area contributed by atoms with Gasteiger partial charge in [-0.3, -0.25) is 0 Å². The Morgan fingerprint density at radius 1 is 1.06 bits per heavy atom. The van der Waals surface area contributed by atoms with E-state index in [2.05, 4.69) is 29.0 Å². The SMILES string of the molecule is CN1CCN(c2coc3ccccc23)CC1. The summed E-state index contributed by atoms with van der Waals surface area (Å²) in [6, 6.07) is 8.23. The zero-order valence-electron chi connectivity index (χ0n) is 9.52. The van der Waals surface area contributed by atoms with Crippen LogP contribution in [-0.2, 0) is 0 Å². The molecule has 1 aliphatic heterocycles. The molecule has 16 heavy (non-hydrogen) atoms. The summed E-state index contributed by atoms with van der Waals surface area (Å²) in [6.07, 6.45) is 1.88. The Balaban J connectivity index is 1.94. The molecule has 0 bridgehead atoms. The van der Waals surface area contributed by atoms with Crippen molar-refractivity contribution < 1.29 is 4.42 Å². The maximum Gasteiger partial charge on any atom is 0.136 e. The van der Waals surface area contributed by atoms with E-state index in [0.29, 0.717) is 0 Å². The second kappa shape index (κ2) is 3.83. The largest absolute Gasteiger partial charge is 0.462 e. The zero-order chi connectivity index (χ0) is 11.0. The molecular weight excluding hydrogens is 200 g/mol. The van der Waals surface area contributed by atoms with Crippen molar-refractivity contribution in [2.24, 2.45) is 0 Å². The van der Waals surface area contributed by atoms with E-state index in [0.717, 1.165) is 31.8 Å². The van der Waals surface area contributed by atoms with Crippen molar-refractivity contribution in [3.05, 3.63) is 30.5 Å². The van der Waals surface area contributed by atoms with Crippen LogP contribution in [0.1, 0.15) is 0 Å². The highest BCUT2D eigenvalue weighted by molar-refractivity contribution is 5.91. The summed E-state index contributed by atoms with van der Waals surface area (Å²) in [6.45, 7) is 4.42. The first kappa shape index (κ1) is 9.73. The van der Waals surface area contributed by atoms with E-state index in [4.69, 9.17) is 4.42 Å². The Morgan fingerprint density at radius 2 is 1.81 bits per heavy atom. The number of para-hydroxylation sites is 1. The van der Waals surface area contributed by atoms with Gasteiger partial charge in [-0.25, -0.2) is 0 Å². The first-order valence-corrected chi connectivity index (χ1v) is 5.74. The van der Waals surface area contributed by atoms with Crippen LogP contribution in [0, 0.1) is 0 Å². The van der Waals surface area contributed by atoms with Crippen LogP contribution >= 0.6 is 0 Å². The third-order valence-corrected chi connectivity index (χ3v) is 3.30. The summed E-state index contributed by atoms with van der Waals surface area (Å²) in [5.74, 6) is 0. The van der Waals surface area contributed by atoms with Crippen molar-refractivity contribution in [1.29, 1.82) is 0 Å². The van der Waals surface area contributed by atoms with Crippen LogP contribution in [0.5, 0.6) is 0 Å². The van der Waals surface area contributed by atoms with Crippen LogP contribution < -0.4 is 4.90 Å². The first-order chi connectivity index (χ1) is 7.84. The number of rotatable bonds is 1. The molecule has 3 nitrogen and oxygen atoms in total. The fourth-order valence-corrected chi connectivity index (χ4v) is 2.26. The van der Waals surface area contributed by atoms with Crippen molar-refractivity contribution in [3.63, 3.8) is 0 Å². The van der Waals surface area contributed by atoms with Gasteiger partial charge >= 0.3 is 0 Å². The van der Waals surface area contributed by atoms with Crippen LogP contribution in [-0.4, -0.2) is 38.1 Å². The van der Waals surface area contributed by atoms with E-state index < -0.39 is 0 Å². The number of hydrogen-bond donors (Lipinski definition) is 0. The fourth-order valence-electron chi connectivity index (χ4n) is 2.26. The van der Waals surface area contributed by atoms with Gasteiger partial charge in [-0.2, -0.15) is 0 Å². The van der Waals surface area contributed by atoms with Gasteiger partial charge in [0.05, 0.1) is 5.69 Å². The summed E-state index contributed by atoms with van der Waals surface area (Å²) in [7, 11) is 2.17. The molecule has 3 heteroatoms. The number of fused-ring (bicyclic) bond motifs is 1. The van der Waals surface area contributed by atoms with Crippen LogP contribution in [0.15, 0.2) is 34.9 Å². The number of hydrogen-bond acceptors (Lipinski definition) is 3. The second-order valence-electron chi connectivity index (χ2n) is 4.41. The van der Waals surface area contributed by atoms with Gasteiger partial charge in [0.1, 0.15) is 11.8 Å². The lowest BCUT2D eigenvalue weighted by atomic mass is 10.2. The second-order valence-corrected chi connectivity index (χ2v) is 4.41. The van der Waals surface area contributed by atoms with Gasteiger partial charge in [0.15, 0.2) is 0 Å². The standard InChI is InChI=1S/C13H16N2O/c1-14-6-8-15(9-7-14)12-10-16-13-5-3-2-4-11(12)13/h2-5,10H,6-9H2,1H3. The summed E-state index contributed by atoms with van der Waals surface area (Å²) >= 11 is 0. The van der Waals surface area contributed by atoms with Crippen LogP contribution in [0.25, 0.3) is 11.0 Å². The molecule has 0 saturated carbocycles. The Labute approximate surface area is 95.2 Å². The third-order valence-electron chi connectivity index (χ3n) is 3.30. The van der Waals surface area contributed by atoms with Gasteiger partial charge in [0, 0.05) is 31.6 Å². The number of anilines is 1. The molecule has 1 saturated heterocycles. The average molecular weight is 216 g/mol. The maximum atomic E-state index is 5.57. The summed E-state index contributed by atoms with van der Waals surface area (Å²) in [5.41, 5.74) is 2.22. The zero-order valence-corrected chi connectivity index (χ0v) is 9.52. The molecule has 2 heterocycles. The van der Waals surface area contributed by atoms with Crippen molar-refractivity contribution in [3.8, 4) is 0 Å². The Kier molecular flexibility index (Phi) is 2.33. The Morgan fingerprint density at radius 3 is 2.62 bits per heavy atom. The highest BCUT2D eigenvalue weighted by Gasteiger charge is 2.17. The lowest BCUT2D eigenvalue weighted by Gasteiger charge is -2.33.